The van der Waals surface area contributed by atoms with E-state index in [4.69, 9.17) is 28.9 Å². The van der Waals surface area contributed by atoms with Crippen molar-refractivity contribution in [3.63, 3.8) is 0 Å². The van der Waals surface area contributed by atoms with Crippen LogP contribution in [-0.4, -0.2) is 18.4 Å². The van der Waals surface area contributed by atoms with Crippen LogP contribution in [0.2, 0.25) is 10.0 Å². The van der Waals surface area contributed by atoms with E-state index in [0.29, 0.717) is 0 Å². The number of pyridine rings is 2. The second kappa shape index (κ2) is 7.69. The van der Waals surface area contributed by atoms with Gasteiger partial charge in [-0.25, -0.2) is 9.97 Å². The highest BCUT2D eigenvalue weighted by atomic mass is 35.5. The molecule has 0 aliphatic heterocycles. The van der Waals surface area contributed by atoms with E-state index in [1.54, 1.807) is 0 Å². The maximum atomic E-state index is 13.4. The molecule has 12 heteroatoms. The molecule has 1 aromatic carbocycles. The fourth-order valence-electron chi connectivity index (χ4n) is 2.45. The van der Waals surface area contributed by atoms with Crippen molar-refractivity contribution in [2.75, 3.05) is 10.5 Å². The zero-order valence-electron chi connectivity index (χ0n) is 14.2. The van der Waals surface area contributed by atoms with Crippen molar-refractivity contribution < 1.29 is 21.6 Å². The fourth-order valence-corrected chi connectivity index (χ4v) is 3.89. The second-order valence-electron chi connectivity index (χ2n) is 5.69. The summed E-state index contributed by atoms with van der Waals surface area (Å²) in [4.78, 5) is 7.65. The zero-order chi connectivity index (χ0) is 21.4. The summed E-state index contributed by atoms with van der Waals surface area (Å²) in [6, 6.07) is 9.60. The molecule has 0 aliphatic rings. The van der Waals surface area contributed by atoms with E-state index in [0.717, 1.165) is 12.1 Å². The number of halogens is 5. The van der Waals surface area contributed by atoms with Crippen molar-refractivity contribution in [1.82, 2.24) is 9.97 Å². The maximum absolute atomic E-state index is 13.4. The van der Waals surface area contributed by atoms with Crippen LogP contribution in [0.15, 0.2) is 53.6 Å². The lowest BCUT2D eigenvalue weighted by Crippen LogP contribution is -2.16. The molecule has 0 saturated carbocycles. The summed E-state index contributed by atoms with van der Waals surface area (Å²) >= 11 is 12.0. The molecule has 2 heterocycles. The van der Waals surface area contributed by atoms with Gasteiger partial charge < -0.3 is 5.73 Å². The number of alkyl halides is 3. The predicted octanol–water partition coefficient (Wildman–Crippen LogP) is 4.85. The average molecular weight is 463 g/mol. The zero-order valence-corrected chi connectivity index (χ0v) is 16.5. The molecule has 3 aromatic rings. The first-order valence-corrected chi connectivity index (χ1v) is 10.0. The molecule has 0 unspecified atom stereocenters. The van der Waals surface area contributed by atoms with Crippen LogP contribution < -0.4 is 10.5 Å². The lowest BCUT2D eigenvalue weighted by Gasteiger charge is -2.16. The van der Waals surface area contributed by atoms with Crippen LogP contribution in [0.3, 0.4) is 0 Å². The third-order valence-electron chi connectivity index (χ3n) is 3.66. The minimum Gasteiger partial charge on any atom is -0.384 e. The number of nitrogens with zero attached hydrogens (tertiary/aromatic N) is 2. The standard InChI is InChI=1S/C17H11Cl2F3N4O2S/c18-10-4-1-3-9(17(20,21)22)15(10)16-11(19)7-8-13(25-16)26-29(27,28)14-6-2-5-12(23)24-14/h1-8H,(H2,23,24)(H,25,26). The number of nitrogen functional groups attached to an aromatic ring is 1. The summed E-state index contributed by atoms with van der Waals surface area (Å²) in [6.45, 7) is 0. The van der Waals surface area contributed by atoms with Gasteiger partial charge in [-0.15, -0.1) is 0 Å². The first kappa shape index (κ1) is 21.2. The van der Waals surface area contributed by atoms with Crippen LogP contribution >= 0.6 is 23.2 Å². The summed E-state index contributed by atoms with van der Waals surface area (Å²) in [7, 11) is -4.20. The first-order chi connectivity index (χ1) is 13.5. The van der Waals surface area contributed by atoms with Gasteiger partial charge in [-0.3, -0.25) is 4.72 Å². The van der Waals surface area contributed by atoms with Gasteiger partial charge in [0.15, 0.2) is 5.03 Å². The minimum absolute atomic E-state index is 0.0245. The van der Waals surface area contributed by atoms with Crippen molar-refractivity contribution in [3.8, 4) is 11.3 Å². The molecule has 152 valence electrons. The van der Waals surface area contributed by atoms with Gasteiger partial charge >= 0.3 is 6.18 Å². The molecular weight excluding hydrogens is 452 g/mol. The maximum Gasteiger partial charge on any atom is 0.417 e. The lowest BCUT2D eigenvalue weighted by molar-refractivity contribution is -0.137. The van der Waals surface area contributed by atoms with Gasteiger partial charge in [-0.1, -0.05) is 35.3 Å². The van der Waals surface area contributed by atoms with E-state index in [1.807, 2.05) is 0 Å². The SMILES string of the molecule is Nc1cccc(S(=O)(=O)Nc2ccc(Cl)c(-c3c(Cl)cccc3C(F)(F)F)n2)n1. The molecule has 0 spiro atoms. The number of nitrogens with two attached hydrogens (primary N) is 1. The molecule has 0 radical (unpaired) electrons. The number of benzene rings is 1. The molecule has 0 aliphatic carbocycles. The number of anilines is 2. The van der Waals surface area contributed by atoms with Crippen LogP contribution in [-0.2, 0) is 16.2 Å². The normalized spacial score (nSPS) is 12.0. The topological polar surface area (TPSA) is 98.0 Å². The number of sulfonamides is 1. The Balaban J connectivity index is 2.10. The molecule has 6 nitrogen and oxygen atoms in total. The van der Waals surface area contributed by atoms with Crippen LogP contribution in [0.25, 0.3) is 11.3 Å². The number of hydrogen-bond donors (Lipinski definition) is 2. The fraction of sp³-hybridized carbons (Fsp3) is 0.0588. The Morgan fingerprint density at radius 1 is 0.931 bits per heavy atom. The Kier molecular flexibility index (Phi) is 5.61. The highest BCUT2D eigenvalue weighted by Gasteiger charge is 2.35. The van der Waals surface area contributed by atoms with E-state index in [1.165, 1.54) is 36.4 Å². The molecule has 29 heavy (non-hydrogen) atoms. The highest BCUT2D eigenvalue weighted by Crippen LogP contribution is 2.42. The van der Waals surface area contributed by atoms with Gasteiger partial charge in [-0.2, -0.15) is 21.6 Å². The Hall–Kier alpha value is -2.56. The number of aromatic nitrogens is 2. The summed E-state index contributed by atoms with van der Waals surface area (Å²) < 4.78 is 67.3. The lowest BCUT2D eigenvalue weighted by atomic mass is 10.0. The number of nitrogens with one attached hydrogen (secondary N) is 1. The number of hydrogen-bond acceptors (Lipinski definition) is 5. The number of rotatable bonds is 4. The predicted molar refractivity (Wildman–Crippen MR) is 104 cm³/mol. The van der Waals surface area contributed by atoms with Crippen molar-refractivity contribution in [3.05, 3.63) is 64.1 Å². The molecule has 0 saturated heterocycles. The van der Waals surface area contributed by atoms with Crippen molar-refractivity contribution in [2.45, 2.75) is 11.2 Å². The Morgan fingerprint density at radius 3 is 2.28 bits per heavy atom. The third-order valence-corrected chi connectivity index (χ3v) is 5.54. The van der Waals surface area contributed by atoms with Gasteiger partial charge in [0, 0.05) is 5.56 Å². The summed E-state index contributed by atoms with van der Waals surface area (Å²) in [6.07, 6.45) is -4.73. The van der Waals surface area contributed by atoms with Crippen molar-refractivity contribution in [2.24, 2.45) is 0 Å². The van der Waals surface area contributed by atoms with E-state index in [2.05, 4.69) is 14.7 Å². The quantitative estimate of drug-likeness (QED) is 0.577. The largest absolute Gasteiger partial charge is 0.417 e. The average Bonchev–Trinajstić information content (AvgIpc) is 2.62. The molecule has 2 aromatic heterocycles. The van der Waals surface area contributed by atoms with Crippen LogP contribution in [0, 0.1) is 0 Å². The van der Waals surface area contributed by atoms with Crippen LogP contribution in [0.4, 0.5) is 24.8 Å². The smallest absolute Gasteiger partial charge is 0.384 e. The second-order valence-corrected chi connectivity index (χ2v) is 8.14. The molecule has 0 bridgehead atoms. The van der Waals surface area contributed by atoms with Gasteiger partial charge in [0.05, 0.1) is 21.3 Å². The molecule has 0 atom stereocenters. The minimum atomic E-state index is -4.73. The molecule has 3 N–H and O–H groups in total. The summed E-state index contributed by atoms with van der Waals surface area (Å²) in [5.41, 5.74) is 3.64. The Bertz CT molecular complexity index is 1190. The van der Waals surface area contributed by atoms with E-state index < -0.39 is 27.3 Å². The van der Waals surface area contributed by atoms with E-state index in [-0.39, 0.29) is 32.4 Å². The van der Waals surface area contributed by atoms with Gasteiger partial charge in [0.1, 0.15) is 11.6 Å². The van der Waals surface area contributed by atoms with Gasteiger partial charge in [0.25, 0.3) is 10.0 Å². The van der Waals surface area contributed by atoms with Gasteiger partial charge in [0.2, 0.25) is 0 Å². The molecular formula is C17H11Cl2F3N4O2S. The Morgan fingerprint density at radius 2 is 1.62 bits per heavy atom. The monoisotopic (exact) mass is 462 g/mol. The summed E-state index contributed by atoms with van der Waals surface area (Å²) in [5, 5.41) is -0.773. The van der Waals surface area contributed by atoms with Crippen LogP contribution in [0.1, 0.15) is 5.56 Å². The van der Waals surface area contributed by atoms with Crippen molar-refractivity contribution >= 4 is 44.9 Å². The molecule has 0 amide bonds. The Labute approximate surface area is 173 Å². The third kappa shape index (κ3) is 4.55. The molecule has 0 fully saturated rings. The van der Waals surface area contributed by atoms with Crippen molar-refractivity contribution in [1.29, 1.82) is 0 Å². The summed E-state index contributed by atoms with van der Waals surface area (Å²) in [5.74, 6) is -0.301. The van der Waals surface area contributed by atoms with Crippen LogP contribution in [0.5, 0.6) is 0 Å². The first-order valence-electron chi connectivity index (χ1n) is 7.77. The van der Waals surface area contributed by atoms with Gasteiger partial charge in [-0.05, 0) is 36.4 Å². The van der Waals surface area contributed by atoms with E-state index in [9.17, 15) is 21.6 Å². The van der Waals surface area contributed by atoms with E-state index >= 15 is 0 Å². The molecule has 3 rings (SSSR count). The highest BCUT2D eigenvalue weighted by molar-refractivity contribution is 7.92.